The molecule has 1 aromatic rings. The zero-order valence-corrected chi connectivity index (χ0v) is 10.7. The summed E-state index contributed by atoms with van der Waals surface area (Å²) < 4.78 is 5.63. The molecular weight excluding hydrogens is 200 g/mol. The molecule has 0 spiro atoms. The van der Waals surface area contributed by atoms with Crippen molar-refractivity contribution in [3.8, 4) is 5.75 Å². The molecule has 0 aromatic carbocycles. The molecule has 0 aliphatic carbocycles. The van der Waals surface area contributed by atoms with Gasteiger partial charge in [0.2, 0.25) is 0 Å². The second kappa shape index (κ2) is 5.85. The fourth-order valence-corrected chi connectivity index (χ4v) is 1.26. The largest absolute Gasteiger partial charge is 0.492 e. The molecule has 0 amide bonds. The van der Waals surface area contributed by atoms with Gasteiger partial charge in [-0.2, -0.15) is 0 Å². The van der Waals surface area contributed by atoms with Gasteiger partial charge in [-0.1, -0.05) is 20.8 Å². The Morgan fingerprint density at radius 2 is 2.06 bits per heavy atom. The number of ether oxygens (including phenoxy) is 1. The SMILES string of the molecule is CNCc1ccc(OCCC(C)(C)C)cn1. The van der Waals surface area contributed by atoms with Crippen molar-refractivity contribution < 1.29 is 4.74 Å². The van der Waals surface area contributed by atoms with Crippen molar-refractivity contribution in [2.24, 2.45) is 5.41 Å². The van der Waals surface area contributed by atoms with Crippen LogP contribution in [0.15, 0.2) is 18.3 Å². The maximum atomic E-state index is 5.63. The van der Waals surface area contributed by atoms with E-state index in [1.165, 1.54) is 0 Å². The predicted octanol–water partition coefficient (Wildman–Crippen LogP) is 2.62. The van der Waals surface area contributed by atoms with Crippen LogP contribution in [0.3, 0.4) is 0 Å². The molecule has 0 bridgehead atoms. The molecule has 1 aromatic heterocycles. The van der Waals surface area contributed by atoms with E-state index in [0.29, 0.717) is 5.41 Å². The minimum atomic E-state index is 0.319. The maximum absolute atomic E-state index is 5.63. The normalized spacial score (nSPS) is 11.5. The third-order valence-corrected chi connectivity index (χ3v) is 2.28. The van der Waals surface area contributed by atoms with Crippen LogP contribution in [0.4, 0.5) is 0 Å². The molecule has 1 N–H and O–H groups in total. The monoisotopic (exact) mass is 222 g/mol. The van der Waals surface area contributed by atoms with Gasteiger partial charge < -0.3 is 10.1 Å². The highest BCUT2D eigenvalue weighted by molar-refractivity contribution is 5.19. The molecule has 3 heteroatoms. The van der Waals surface area contributed by atoms with Crippen molar-refractivity contribution in [1.82, 2.24) is 10.3 Å². The van der Waals surface area contributed by atoms with Gasteiger partial charge in [-0.25, -0.2) is 0 Å². The summed E-state index contributed by atoms with van der Waals surface area (Å²) in [6.45, 7) is 8.18. The van der Waals surface area contributed by atoms with Crippen LogP contribution in [0.5, 0.6) is 5.75 Å². The van der Waals surface area contributed by atoms with Gasteiger partial charge in [0.25, 0.3) is 0 Å². The highest BCUT2D eigenvalue weighted by Crippen LogP contribution is 2.19. The van der Waals surface area contributed by atoms with Crippen LogP contribution in [0.25, 0.3) is 0 Å². The molecule has 0 unspecified atom stereocenters. The number of pyridine rings is 1. The standard InChI is InChI=1S/C13H22N2O/c1-13(2,3)7-8-16-12-6-5-11(9-14-4)15-10-12/h5-6,10,14H,7-9H2,1-4H3. The van der Waals surface area contributed by atoms with Gasteiger partial charge in [0.1, 0.15) is 5.75 Å². The summed E-state index contributed by atoms with van der Waals surface area (Å²) >= 11 is 0. The summed E-state index contributed by atoms with van der Waals surface area (Å²) in [5.74, 6) is 0.851. The summed E-state index contributed by atoms with van der Waals surface area (Å²) in [6, 6.07) is 3.96. The number of rotatable bonds is 5. The van der Waals surface area contributed by atoms with Gasteiger partial charge in [-0.15, -0.1) is 0 Å². The Bertz CT molecular complexity index is 301. The van der Waals surface area contributed by atoms with Gasteiger partial charge >= 0.3 is 0 Å². The van der Waals surface area contributed by atoms with Crippen LogP contribution in [-0.2, 0) is 6.54 Å². The van der Waals surface area contributed by atoms with E-state index in [-0.39, 0.29) is 0 Å². The molecular formula is C13H22N2O. The van der Waals surface area contributed by atoms with E-state index >= 15 is 0 Å². The summed E-state index contributed by atoms with van der Waals surface area (Å²) in [4.78, 5) is 4.30. The van der Waals surface area contributed by atoms with E-state index < -0.39 is 0 Å². The predicted molar refractivity (Wildman–Crippen MR) is 66.6 cm³/mol. The summed E-state index contributed by atoms with van der Waals surface area (Å²) in [5.41, 5.74) is 1.35. The third kappa shape index (κ3) is 5.12. The van der Waals surface area contributed by atoms with E-state index in [1.807, 2.05) is 19.2 Å². The van der Waals surface area contributed by atoms with Crippen molar-refractivity contribution >= 4 is 0 Å². The molecule has 1 heterocycles. The second-order valence-electron chi connectivity index (χ2n) is 5.17. The van der Waals surface area contributed by atoms with Crippen LogP contribution in [0.2, 0.25) is 0 Å². The molecule has 0 saturated heterocycles. The first-order valence-corrected chi connectivity index (χ1v) is 5.73. The van der Waals surface area contributed by atoms with E-state index in [1.54, 1.807) is 6.20 Å². The first kappa shape index (κ1) is 13.0. The summed E-state index contributed by atoms with van der Waals surface area (Å²) in [5, 5.41) is 3.06. The molecule has 0 atom stereocenters. The van der Waals surface area contributed by atoms with E-state index in [0.717, 1.165) is 31.0 Å². The highest BCUT2D eigenvalue weighted by atomic mass is 16.5. The Kier molecular flexibility index (Phi) is 4.74. The van der Waals surface area contributed by atoms with Crippen LogP contribution in [0, 0.1) is 5.41 Å². The summed E-state index contributed by atoms with van der Waals surface area (Å²) in [7, 11) is 1.91. The van der Waals surface area contributed by atoms with Crippen molar-refractivity contribution in [1.29, 1.82) is 0 Å². The number of hydrogen-bond donors (Lipinski definition) is 1. The van der Waals surface area contributed by atoms with Gasteiger partial charge in [0, 0.05) is 6.54 Å². The van der Waals surface area contributed by atoms with Crippen LogP contribution in [-0.4, -0.2) is 18.6 Å². The van der Waals surface area contributed by atoms with Crippen LogP contribution < -0.4 is 10.1 Å². The topological polar surface area (TPSA) is 34.1 Å². The first-order valence-electron chi connectivity index (χ1n) is 5.73. The number of nitrogens with zero attached hydrogens (tertiary/aromatic N) is 1. The Hall–Kier alpha value is -1.09. The fraction of sp³-hybridized carbons (Fsp3) is 0.615. The molecule has 0 radical (unpaired) electrons. The molecule has 0 aliphatic heterocycles. The average Bonchev–Trinajstić information content (AvgIpc) is 2.19. The van der Waals surface area contributed by atoms with Crippen molar-refractivity contribution in [2.45, 2.75) is 33.7 Å². The zero-order valence-electron chi connectivity index (χ0n) is 10.7. The van der Waals surface area contributed by atoms with Gasteiger partial charge in [-0.05, 0) is 31.0 Å². The molecule has 90 valence electrons. The molecule has 3 nitrogen and oxygen atoms in total. The lowest BCUT2D eigenvalue weighted by atomic mass is 9.93. The Morgan fingerprint density at radius 3 is 2.56 bits per heavy atom. The minimum Gasteiger partial charge on any atom is -0.492 e. The molecule has 0 saturated carbocycles. The van der Waals surface area contributed by atoms with E-state index in [9.17, 15) is 0 Å². The quantitative estimate of drug-likeness (QED) is 0.831. The minimum absolute atomic E-state index is 0.319. The molecule has 1 rings (SSSR count). The Balaban J connectivity index is 2.37. The van der Waals surface area contributed by atoms with Crippen molar-refractivity contribution in [3.05, 3.63) is 24.0 Å². The Labute approximate surface area is 98.2 Å². The number of nitrogens with one attached hydrogen (secondary N) is 1. The van der Waals surface area contributed by atoms with E-state index in [2.05, 4.69) is 31.1 Å². The average molecular weight is 222 g/mol. The highest BCUT2D eigenvalue weighted by Gasteiger charge is 2.09. The second-order valence-corrected chi connectivity index (χ2v) is 5.17. The molecule has 0 fully saturated rings. The lowest BCUT2D eigenvalue weighted by Crippen LogP contribution is -2.11. The fourth-order valence-electron chi connectivity index (χ4n) is 1.26. The van der Waals surface area contributed by atoms with Crippen molar-refractivity contribution in [2.75, 3.05) is 13.7 Å². The Morgan fingerprint density at radius 1 is 1.31 bits per heavy atom. The van der Waals surface area contributed by atoms with Crippen LogP contribution in [0.1, 0.15) is 32.9 Å². The van der Waals surface area contributed by atoms with Gasteiger partial charge in [0.05, 0.1) is 18.5 Å². The third-order valence-electron chi connectivity index (χ3n) is 2.28. The van der Waals surface area contributed by atoms with Gasteiger partial charge in [-0.3, -0.25) is 4.98 Å². The zero-order chi connectivity index (χ0) is 12.0. The summed E-state index contributed by atoms with van der Waals surface area (Å²) in [6.07, 6.45) is 2.83. The maximum Gasteiger partial charge on any atom is 0.137 e. The van der Waals surface area contributed by atoms with Crippen LogP contribution >= 0.6 is 0 Å². The first-order chi connectivity index (χ1) is 7.51. The molecule has 16 heavy (non-hydrogen) atoms. The smallest absolute Gasteiger partial charge is 0.137 e. The number of aromatic nitrogens is 1. The number of hydrogen-bond acceptors (Lipinski definition) is 3. The van der Waals surface area contributed by atoms with Gasteiger partial charge in [0.15, 0.2) is 0 Å². The van der Waals surface area contributed by atoms with E-state index in [4.69, 9.17) is 4.74 Å². The lowest BCUT2D eigenvalue weighted by Gasteiger charge is -2.17. The lowest BCUT2D eigenvalue weighted by molar-refractivity contribution is 0.242. The van der Waals surface area contributed by atoms with Crippen molar-refractivity contribution in [3.63, 3.8) is 0 Å². The molecule has 0 aliphatic rings.